The lowest BCUT2D eigenvalue weighted by Crippen LogP contribution is -2.50. The van der Waals surface area contributed by atoms with Gasteiger partial charge in [-0.3, -0.25) is 14.8 Å². The van der Waals surface area contributed by atoms with Crippen LogP contribution in [0.1, 0.15) is 22.8 Å². The minimum Gasteiger partial charge on any atom is -0.475 e. The maximum Gasteiger partial charge on any atom is 0.490 e. The summed E-state index contributed by atoms with van der Waals surface area (Å²) in [5.74, 6) is -4.94. The molecular formula is C23H28F6N4O5S. The molecule has 2 fully saturated rings. The van der Waals surface area contributed by atoms with E-state index in [2.05, 4.69) is 44.2 Å². The Morgan fingerprint density at radius 1 is 1.05 bits per heavy atom. The Balaban J connectivity index is 0.000000317. The topological polar surface area (TPSA) is 116 Å². The number of ether oxygens (including phenoxy) is 1. The van der Waals surface area contributed by atoms with Crippen molar-refractivity contribution in [3.8, 4) is 0 Å². The maximum atomic E-state index is 10.6. The average molecular weight is 587 g/mol. The standard InChI is InChI=1S/C19H26N4OS.2C2HF3O2/c1-14-21-16(13-25-14)9-22-11-17-18(12-22)23(8-6-19(17)24-2)10-15-5-3-4-7-20-15;2*3-2(4,5)1(6)7/h3-5,7,13,17-19H,6,8-12H2,1-2H3;2*(H,6,7)/t17-,18+,19+;;/m0../s1. The fourth-order valence-corrected chi connectivity index (χ4v) is 4.95. The van der Waals surface area contributed by atoms with Crippen LogP contribution in [0.15, 0.2) is 29.8 Å². The number of nitrogens with zero attached hydrogens (tertiary/aromatic N) is 4. The summed E-state index contributed by atoms with van der Waals surface area (Å²) >= 11 is 1.74. The fourth-order valence-electron chi connectivity index (χ4n) is 4.35. The molecule has 0 bridgehead atoms. The molecular weight excluding hydrogens is 558 g/mol. The minimum absolute atomic E-state index is 0.368. The number of aliphatic carboxylic acids is 2. The third-order valence-electron chi connectivity index (χ3n) is 5.99. The molecule has 4 heterocycles. The molecule has 218 valence electrons. The predicted molar refractivity (Wildman–Crippen MR) is 127 cm³/mol. The molecule has 0 saturated carbocycles. The second kappa shape index (κ2) is 14.0. The number of aromatic nitrogens is 2. The van der Waals surface area contributed by atoms with Crippen molar-refractivity contribution in [2.75, 3.05) is 26.7 Å². The van der Waals surface area contributed by atoms with Gasteiger partial charge in [0.1, 0.15) is 0 Å². The molecule has 9 nitrogen and oxygen atoms in total. The molecule has 0 aliphatic carbocycles. The Morgan fingerprint density at radius 3 is 2.13 bits per heavy atom. The van der Waals surface area contributed by atoms with Crippen molar-refractivity contribution in [1.29, 1.82) is 0 Å². The average Bonchev–Trinajstić information content (AvgIpc) is 3.46. The fraction of sp³-hybridized carbons (Fsp3) is 0.565. The molecule has 2 aliphatic heterocycles. The number of aryl methyl sites for hydroxylation is 1. The van der Waals surface area contributed by atoms with Gasteiger partial charge in [0, 0.05) is 63.4 Å². The van der Waals surface area contributed by atoms with Gasteiger partial charge in [-0.1, -0.05) is 6.07 Å². The van der Waals surface area contributed by atoms with E-state index < -0.39 is 24.3 Å². The normalized spacial score (nSPS) is 21.7. The number of fused-ring (bicyclic) bond motifs is 1. The largest absolute Gasteiger partial charge is 0.490 e. The SMILES string of the molecule is CO[C@@H]1CCN(Cc2ccccn2)[C@@H]2CN(Cc3csc(C)n3)C[C@@H]21.O=C(O)C(F)(F)F.O=C(O)C(F)(F)F. The number of halogens is 6. The molecule has 2 aromatic rings. The van der Waals surface area contributed by atoms with Gasteiger partial charge in [-0.25, -0.2) is 14.6 Å². The highest BCUT2D eigenvalue weighted by molar-refractivity contribution is 7.09. The number of alkyl halides is 6. The number of likely N-dealkylation sites (tertiary alicyclic amines) is 2. The monoisotopic (exact) mass is 586 g/mol. The van der Waals surface area contributed by atoms with Gasteiger partial charge >= 0.3 is 24.3 Å². The Labute approximate surface area is 224 Å². The van der Waals surface area contributed by atoms with Crippen LogP contribution < -0.4 is 0 Å². The van der Waals surface area contributed by atoms with Gasteiger partial charge in [0.2, 0.25) is 0 Å². The van der Waals surface area contributed by atoms with Crippen LogP contribution in [0.4, 0.5) is 26.3 Å². The second-order valence-corrected chi connectivity index (χ2v) is 9.81. The van der Waals surface area contributed by atoms with Crippen LogP contribution in [-0.4, -0.2) is 93.2 Å². The molecule has 3 atom stereocenters. The number of carbonyl (C=O) groups is 2. The van der Waals surface area contributed by atoms with Crippen molar-refractivity contribution in [3.05, 3.63) is 46.2 Å². The lowest BCUT2D eigenvalue weighted by Gasteiger charge is -2.41. The number of carboxylic acids is 2. The van der Waals surface area contributed by atoms with E-state index in [-0.39, 0.29) is 0 Å². The van der Waals surface area contributed by atoms with E-state index in [0.717, 1.165) is 49.8 Å². The first-order valence-electron chi connectivity index (χ1n) is 11.5. The smallest absolute Gasteiger partial charge is 0.475 e. The van der Waals surface area contributed by atoms with E-state index in [1.165, 1.54) is 5.69 Å². The number of piperidine rings is 1. The third-order valence-corrected chi connectivity index (χ3v) is 6.81. The zero-order valence-electron chi connectivity index (χ0n) is 20.9. The van der Waals surface area contributed by atoms with Gasteiger partial charge < -0.3 is 14.9 Å². The first kappa shape index (κ1) is 32.4. The van der Waals surface area contributed by atoms with Crippen LogP contribution in [0.5, 0.6) is 0 Å². The summed E-state index contributed by atoms with van der Waals surface area (Å²) in [6.45, 7) is 7.23. The molecule has 2 aromatic heterocycles. The minimum atomic E-state index is -5.08. The van der Waals surface area contributed by atoms with Crippen molar-refractivity contribution in [1.82, 2.24) is 19.8 Å². The highest BCUT2D eigenvalue weighted by Crippen LogP contribution is 2.34. The molecule has 4 rings (SSSR count). The lowest BCUT2D eigenvalue weighted by atomic mass is 9.89. The van der Waals surface area contributed by atoms with Gasteiger partial charge in [0.05, 0.1) is 22.5 Å². The highest BCUT2D eigenvalue weighted by Gasteiger charge is 2.44. The number of hydrogen-bond acceptors (Lipinski definition) is 8. The van der Waals surface area contributed by atoms with Gasteiger partial charge in [-0.2, -0.15) is 26.3 Å². The molecule has 2 saturated heterocycles. The maximum absolute atomic E-state index is 10.6. The van der Waals surface area contributed by atoms with E-state index in [0.29, 0.717) is 18.1 Å². The van der Waals surface area contributed by atoms with E-state index in [4.69, 9.17) is 24.5 Å². The summed E-state index contributed by atoms with van der Waals surface area (Å²) in [7, 11) is 1.86. The first-order chi connectivity index (χ1) is 18.1. The highest BCUT2D eigenvalue weighted by atomic mass is 32.1. The summed E-state index contributed by atoms with van der Waals surface area (Å²) in [5.41, 5.74) is 2.36. The molecule has 0 unspecified atom stereocenters. The Hall–Kier alpha value is -2.82. The van der Waals surface area contributed by atoms with E-state index in [1.807, 2.05) is 19.4 Å². The second-order valence-electron chi connectivity index (χ2n) is 8.74. The van der Waals surface area contributed by atoms with Crippen molar-refractivity contribution >= 4 is 23.3 Å². The summed E-state index contributed by atoms with van der Waals surface area (Å²) in [6.07, 6.45) is -6.80. The molecule has 0 radical (unpaired) electrons. The van der Waals surface area contributed by atoms with Gasteiger partial charge in [-0.15, -0.1) is 11.3 Å². The van der Waals surface area contributed by atoms with Crippen LogP contribution in [0.2, 0.25) is 0 Å². The molecule has 0 amide bonds. The zero-order chi connectivity index (χ0) is 29.4. The summed E-state index contributed by atoms with van der Waals surface area (Å²) < 4.78 is 69.3. The van der Waals surface area contributed by atoms with Crippen LogP contribution in [-0.2, 0) is 27.4 Å². The number of hydrogen-bond donors (Lipinski definition) is 2. The van der Waals surface area contributed by atoms with Crippen molar-refractivity contribution in [3.63, 3.8) is 0 Å². The Kier molecular flexibility index (Phi) is 11.6. The molecule has 39 heavy (non-hydrogen) atoms. The first-order valence-corrected chi connectivity index (χ1v) is 12.4. The van der Waals surface area contributed by atoms with Crippen LogP contribution in [0.3, 0.4) is 0 Å². The summed E-state index contributed by atoms with van der Waals surface area (Å²) in [4.78, 5) is 32.1. The Bertz CT molecular complexity index is 1050. The number of carboxylic acid groups (broad SMARTS) is 2. The van der Waals surface area contributed by atoms with Crippen molar-refractivity contribution in [2.45, 2.75) is 50.9 Å². The molecule has 0 aromatic carbocycles. The van der Waals surface area contributed by atoms with E-state index >= 15 is 0 Å². The lowest BCUT2D eigenvalue weighted by molar-refractivity contribution is -0.193. The van der Waals surface area contributed by atoms with E-state index in [1.54, 1.807) is 11.3 Å². The number of thiazole rings is 1. The van der Waals surface area contributed by atoms with Crippen molar-refractivity contribution < 1.29 is 50.9 Å². The number of rotatable bonds is 5. The molecule has 2 N–H and O–H groups in total. The number of methoxy groups -OCH3 is 1. The summed E-state index contributed by atoms with van der Waals surface area (Å²) in [6, 6.07) is 6.73. The van der Waals surface area contributed by atoms with Gasteiger partial charge in [-0.05, 0) is 25.5 Å². The van der Waals surface area contributed by atoms with E-state index in [9.17, 15) is 26.3 Å². The van der Waals surface area contributed by atoms with Crippen LogP contribution in [0, 0.1) is 12.8 Å². The van der Waals surface area contributed by atoms with Crippen LogP contribution in [0.25, 0.3) is 0 Å². The number of pyridine rings is 1. The van der Waals surface area contributed by atoms with Crippen LogP contribution >= 0.6 is 11.3 Å². The zero-order valence-corrected chi connectivity index (χ0v) is 21.8. The predicted octanol–water partition coefficient (Wildman–Crippen LogP) is 3.83. The quantitative estimate of drug-likeness (QED) is 0.505. The summed E-state index contributed by atoms with van der Waals surface area (Å²) in [5, 5.41) is 17.6. The molecule has 16 heteroatoms. The van der Waals surface area contributed by atoms with Gasteiger partial charge in [0.25, 0.3) is 0 Å². The Morgan fingerprint density at radius 2 is 1.67 bits per heavy atom. The van der Waals surface area contributed by atoms with Crippen molar-refractivity contribution in [2.24, 2.45) is 5.92 Å². The molecule has 2 aliphatic rings. The molecule has 0 spiro atoms. The third kappa shape index (κ3) is 10.3. The van der Waals surface area contributed by atoms with Gasteiger partial charge in [0.15, 0.2) is 0 Å².